The highest BCUT2D eigenvalue weighted by atomic mass is 16.5. The van der Waals surface area contributed by atoms with Gasteiger partial charge in [0.1, 0.15) is 18.5 Å². The van der Waals surface area contributed by atoms with E-state index in [1.807, 2.05) is 0 Å². The monoisotopic (exact) mass is 622 g/mol. The minimum absolute atomic E-state index is 0.0643. The number of aromatic nitrogens is 2. The molecule has 46 heavy (non-hydrogen) atoms. The number of nitriles is 1. The number of rotatable bonds is 7. The lowest BCUT2D eigenvalue weighted by Crippen LogP contribution is -2.57. The van der Waals surface area contributed by atoms with Crippen molar-refractivity contribution in [2.75, 3.05) is 62.7 Å². The standard InChI is InChI=1S/C35H42N8O3/c1-23-7-4-8-25-9-5-11-30(32(23)25)40-16-13-28-29(20-40)37-35(46-22-27-10-6-15-39(27)3)38-33(28)41-17-18-42(26(19-41)12-14-36)34(45)31-21-43(31)24(2)44/h4-5,7-9,11,26-27,31H,6,10,12-13,15-22H2,1-3H3/t26-,27-,31-,43?/m0/s1. The highest BCUT2D eigenvalue weighted by Gasteiger charge is 2.47. The predicted molar refractivity (Wildman–Crippen MR) is 176 cm³/mol. The first-order chi connectivity index (χ1) is 22.3. The van der Waals surface area contributed by atoms with Gasteiger partial charge in [0.2, 0.25) is 11.8 Å². The number of likely N-dealkylation sites (N-methyl/N-ethyl adjacent to an activating group) is 1. The van der Waals surface area contributed by atoms with Gasteiger partial charge in [-0.1, -0.05) is 30.3 Å². The van der Waals surface area contributed by atoms with Gasteiger partial charge < -0.3 is 29.2 Å². The molecule has 11 nitrogen and oxygen atoms in total. The van der Waals surface area contributed by atoms with Crippen molar-refractivity contribution in [1.29, 1.82) is 5.26 Å². The van der Waals surface area contributed by atoms with Crippen molar-refractivity contribution >= 4 is 34.1 Å². The average molecular weight is 623 g/mol. The van der Waals surface area contributed by atoms with Crippen molar-refractivity contribution in [3.63, 3.8) is 0 Å². The molecule has 4 aliphatic heterocycles. The number of amides is 2. The van der Waals surface area contributed by atoms with E-state index >= 15 is 0 Å². The van der Waals surface area contributed by atoms with Gasteiger partial charge in [-0.15, -0.1) is 0 Å². The summed E-state index contributed by atoms with van der Waals surface area (Å²) in [5.41, 5.74) is 4.53. The molecule has 5 heterocycles. The molecule has 3 saturated heterocycles. The van der Waals surface area contributed by atoms with Crippen LogP contribution in [0.25, 0.3) is 10.8 Å². The van der Waals surface area contributed by atoms with E-state index in [1.165, 1.54) is 28.9 Å². The number of benzene rings is 2. The summed E-state index contributed by atoms with van der Waals surface area (Å²) in [6.45, 7) is 8.72. The van der Waals surface area contributed by atoms with E-state index in [1.54, 1.807) is 9.80 Å². The van der Waals surface area contributed by atoms with Gasteiger partial charge in [0.15, 0.2) is 0 Å². The topological polar surface area (TPSA) is 109 Å². The summed E-state index contributed by atoms with van der Waals surface area (Å²) >= 11 is 0. The second kappa shape index (κ2) is 12.4. The number of piperazine rings is 1. The normalized spacial score (nSPS) is 23.0. The Balaban J connectivity index is 1.19. The van der Waals surface area contributed by atoms with Crippen molar-refractivity contribution in [3.8, 4) is 12.1 Å². The van der Waals surface area contributed by atoms with Crippen LogP contribution < -0.4 is 14.5 Å². The lowest BCUT2D eigenvalue weighted by Gasteiger charge is -2.42. The maximum atomic E-state index is 13.4. The molecule has 0 unspecified atom stereocenters. The molecule has 0 spiro atoms. The van der Waals surface area contributed by atoms with Crippen LogP contribution in [0.3, 0.4) is 0 Å². The summed E-state index contributed by atoms with van der Waals surface area (Å²) in [5.74, 6) is 0.691. The highest BCUT2D eigenvalue weighted by molar-refractivity contribution is 5.97. The highest BCUT2D eigenvalue weighted by Crippen LogP contribution is 2.36. The van der Waals surface area contributed by atoms with Crippen LogP contribution in [0.5, 0.6) is 6.01 Å². The third-order valence-corrected chi connectivity index (χ3v) is 10.2. The van der Waals surface area contributed by atoms with E-state index in [-0.39, 0.29) is 24.3 Å². The van der Waals surface area contributed by atoms with Gasteiger partial charge in [-0.2, -0.15) is 15.2 Å². The van der Waals surface area contributed by atoms with Gasteiger partial charge in [0, 0.05) is 55.8 Å². The maximum absolute atomic E-state index is 13.4. The van der Waals surface area contributed by atoms with E-state index in [0.29, 0.717) is 51.4 Å². The van der Waals surface area contributed by atoms with Gasteiger partial charge in [-0.25, -0.2) is 0 Å². The number of carbonyl (C=O) groups is 2. The Labute approximate surface area is 270 Å². The molecule has 0 bridgehead atoms. The van der Waals surface area contributed by atoms with Crippen molar-refractivity contribution < 1.29 is 14.3 Å². The summed E-state index contributed by atoms with van der Waals surface area (Å²) in [4.78, 5) is 45.6. The zero-order valence-corrected chi connectivity index (χ0v) is 27.0. The molecular formula is C35H42N8O3. The Hall–Kier alpha value is -4.43. The minimum Gasteiger partial charge on any atom is -0.462 e. The third kappa shape index (κ3) is 5.71. The molecule has 2 amide bonds. The van der Waals surface area contributed by atoms with Crippen LogP contribution >= 0.6 is 0 Å². The molecule has 0 radical (unpaired) electrons. The molecule has 0 N–H and O–H groups in total. The summed E-state index contributed by atoms with van der Waals surface area (Å²) in [6, 6.07) is 15.2. The number of hydrogen-bond donors (Lipinski definition) is 0. The van der Waals surface area contributed by atoms with Crippen molar-refractivity contribution in [2.45, 2.75) is 64.2 Å². The van der Waals surface area contributed by atoms with Gasteiger partial charge in [0.25, 0.3) is 0 Å². The summed E-state index contributed by atoms with van der Waals surface area (Å²) in [5, 5.41) is 12.2. The van der Waals surface area contributed by atoms with E-state index in [0.717, 1.165) is 49.4 Å². The fraction of sp³-hybridized carbons (Fsp3) is 0.514. The average Bonchev–Trinajstić information content (AvgIpc) is 3.77. The fourth-order valence-corrected chi connectivity index (χ4v) is 7.56. The SMILES string of the molecule is CC(=O)N1C[C@H]1C(=O)N1CCN(c2nc(OC[C@@H]3CCCN3C)nc3c2CCN(c2cccc4cccc(C)c24)C3)C[C@@H]1CC#N. The van der Waals surface area contributed by atoms with Crippen LogP contribution in [0.4, 0.5) is 11.5 Å². The quantitative estimate of drug-likeness (QED) is 0.367. The molecule has 2 aromatic carbocycles. The molecule has 3 fully saturated rings. The molecule has 3 aromatic rings. The van der Waals surface area contributed by atoms with Crippen LogP contribution in [0.15, 0.2) is 36.4 Å². The largest absolute Gasteiger partial charge is 0.462 e. The zero-order chi connectivity index (χ0) is 31.9. The molecule has 1 aromatic heterocycles. The van der Waals surface area contributed by atoms with E-state index in [2.05, 4.69) is 71.1 Å². The second-order valence-electron chi connectivity index (χ2n) is 13.1. The Kier molecular flexibility index (Phi) is 8.15. The van der Waals surface area contributed by atoms with Crippen molar-refractivity contribution in [2.24, 2.45) is 0 Å². The summed E-state index contributed by atoms with van der Waals surface area (Å²) in [6.07, 6.45) is 3.25. The summed E-state index contributed by atoms with van der Waals surface area (Å²) < 4.78 is 6.33. The van der Waals surface area contributed by atoms with Crippen LogP contribution in [0.2, 0.25) is 0 Å². The predicted octanol–water partition coefficient (Wildman–Crippen LogP) is 3.14. The van der Waals surface area contributed by atoms with Gasteiger partial charge in [0.05, 0.1) is 37.3 Å². The van der Waals surface area contributed by atoms with E-state index in [9.17, 15) is 14.9 Å². The van der Waals surface area contributed by atoms with Crippen molar-refractivity contribution in [3.05, 3.63) is 53.2 Å². The first-order valence-corrected chi connectivity index (χ1v) is 16.5. The van der Waals surface area contributed by atoms with E-state index in [4.69, 9.17) is 14.7 Å². The zero-order valence-electron chi connectivity index (χ0n) is 27.0. The van der Waals surface area contributed by atoms with Gasteiger partial charge >= 0.3 is 6.01 Å². The Morgan fingerprint density at radius 3 is 2.57 bits per heavy atom. The maximum Gasteiger partial charge on any atom is 0.318 e. The number of ether oxygens (including phenoxy) is 1. The van der Waals surface area contributed by atoms with Crippen LogP contribution in [0, 0.1) is 18.3 Å². The number of aryl methyl sites for hydroxylation is 1. The lowest BCUT2D eigenvalue weighted by molar-refractivity contribution is -0.136. The molecule has 3 atom stereocenters. The van der Waals surface area contributed by atoms with Gasteiger partial charge in [-0.05, 0) is 56.8 Å². The minimum atomic E-state index is -0.408. The molecule has 240 valence electrons. The third-order valence-electron chi connectivity index (χ3n) is 10.2. The van der Waals surface area contributed by atoms with E-state index < -0.39 is 6.04 Å². The first kappa shape index (κ1) is 30.2. The molecule has 0 aliphatic carbocycles. The Morgan fingerprint density at radius 2 is 1.83 bits per heavy atom. The number of likely N-dealkylation sites (tertiary alicyclic amines) is 1. The first-order valence-electron chi connectivity index (χ1n) is 16.5. The summed E-state index contributed by atoms with van der Waals surface area (Å²) in [7, 11) is 2.14. The molecule has 7 rings (SSSR count). The van der Waals surface area contributed by atoms with Gasteiger partial charge in [-0.3, -0.25) is 9.59 Å². The molecule has 11 heteroatoms. The smallest absolute Gasteiger partial charge is 0.318 e. The second-order valence-corrected chi connectivity index (χ2v) is 13.1. The molecule has 4 aliphatic rings. The van der Waals surface area contributed by atoms with Crippen LogP contribution in [-0.4, -0.2) is 108 Å². The van der Waals surface area contributed by atoms with Crippen LogP contribution in [0.1, 0.15) is 43.0 Å². The lowest BCUT2D eigenvalue weighted by atomic mass is 9.99. The Morgan fingerprint density at radius 1 is 1.00 bits per heavy atom. The Bertz CT molecular complexity index is 1700. The molecular weight excluding hydrogens is 580 g/mol. The van der Waals surface area contributed by atoms with Crippen molar-refractivity contribution in [1.82, 2.24) is 24.7 Å². The number of nitrogens with zero attached hydrogens (tertiary/aromatic N) is 8. The number of hydrogen-bond acceptors (Lipinski definition) is 9. The number of fused-ring (bicyclic) bond motifs is 2. The number of anilines is 2. The molecule has 0 saturated carbocycles. The van der Waals surface area contributed by atoms with Crippen LogP contribution in [-0.2, 0) is 22.6 Å². The fourth-order valence-electron chi connectivity index (χ4n) is 7.56. The number of carbonyl (C=O) groups excluding carboxylic acids is 2.